The number of rotatable bonds is 6. The summed E-state index contributed by atoms with van der Waals surface area (Å²) < 4.78 is 7.36. The van der Waals surface area contributed by atoms with Crippen LogP contribution in [0.4, 0.5) is 0 Å². The van der Waals surface area contributed by atoms with Crippen LogP contribution >= 0.6 is 0 Å². The molecule has 1 aromatic heterocycles. The first-order chi connectivity index (χ1) is 12.2. The van der Waals surface area contributed by atoms with Crippen LogP contribution in [0.2, 0.25) is 0 Å². The van der Waals surface area contributed by atoms with Gasteiger partial charge in [-0.25, -0.2) is 4.68 Å². The minimum absolute atomic E-state index is 0.0766. The number of tetrazole rings is 1. The molecule has 2 aromatic rings. The predicted molar refractivity (Wildman–Crippen MR) is 92.8 cm³/mol. The van der Waals surface area contributed by atoms with Gasteiger partial charge in [0.1, 0.15) is 5.82 Å². The Hall–Kier alpha value is -2.28. The van der Waals surface area contributed by atoms with Crippen LogP contribution < -0.4 is 0 Å². The zero-order chi connectivity index (χ0) is 17.6. The molecule has 0 unspecified atom stereocenters. The molecule has 7 nitrogen and oxygen atoms in total. The topological polar surface area (TPSA) is 73.1 Å². The molecule has 1 aromatic carbocycles. The highest BCUT2D eigenvalue weighted by Gasteiger charge is 2.31. The van der Waals surface area contributed by atoms with Gasteiger partial charge < -0.3 is 9.64 Å². The third-order valence-corrected chi connectivity index (χ3v) is 4.94. The zero-order valence-corrected chi connectivity index (χ0v) is 14.8. The van der Waals surface area contributed by atoms with Crippen LogP contribution in [-0.2, 0) is 22.5 Å². The van der Waals surface area contributed by atoms with Gasteiger partial charge in [-0.05, 0) is 41.7 Å². The van der Waals surface area contributed by atoms with Crippen LogP contribution in [0.15, 0.2) is 30.3 Å². The van der Waals surface area contributed by atoms with Crippen LogP contribution in [0.5, 0.6) is 0 Å². The van der Waals surface area contributed by atoms with E-state index < -0.39 is 0 Å². The normalized spacial score (nSPS) is 20.6. The van der Waals surface area contributed by atoms with Crippen molar-refractivity contribution in [3.63, 3.8) is 0 Å². The lowest BCUT2D eigenvalue weighted by atomic mass is 9.87. The van der Waals surface area contributed by atoms with Gasteiger partial charge in [-0.3, -0.25) is 4.79 Å². The van der Waals surface area contributed by atoms with Crippen molar-refractivity contribution in [1.82, 2.24) is 25.1 Å². The summed E-state index contributed by atoms with van der Waals surface area (Å²) in [5.74, 6) is 1.30. The molecule has 3 rings (SSSR count). The molecule has 0 saturated carbocycles. The van der Waals surface area contributed by atoms with Crippen molar-refractivity contribution in [3.8, 4) is 0 Å². The Labute approximate surface area is 148 Å². The lowest BCUT2D eigenvalue weighted by molar-refractivity contribution is -0.136. The van der Waals surface area contributed by atoms with E-state index in [-0.39, 0.29) is 12.0 Å². The first-order valence-corrected chi connectivity index (χ1v) is 8.74. The number of amides is 1. The van der Waals surface area contributed by atoms with Crippen molar-refractivity contribution < 1.29 is 9.53 Å². The molecule has 25 heavy (non-hydrogen) atoms. The average Bonchev–Trinajstić information content (AvgIpc) is 3.06. The quantitative estimate of drug-likeness (QED) is 0.794. The Balaban J connectivity index is 1.53. The number of hydrogen-bond donors (Lipinski definition) is 0. The number of aromatic nitrogens is 4. The highest BCUT2D eigenvalue weighted by Crippen LogP contribution is 2.24. The molecule has 0 aliphatic carbocycles. The van der Waals surface area contributed by atoms with Gasteiger partial charge in [-0.1, -0.05) is 30.3 Å². The molecule has 1 amide bonds. The Kier molecular flexibility index (Phi) is 5.75. The van der Waals surface area contributed by atoms with Crippen molar-refractivity contribution in [1.29, 1.82) is 0 Å². The third-order valence-electron chi connectivity index (χ3n) is 4.94. The van der Waals surface area contributed by atoms with E-state index >= 15 is 0 Å². The molecular weight excluding hydrogens is 318 g/mol. The second-order valence-electron chi connectivity index (χ2n) is 6.55. The summed E-state index contributed by atoms with van der Waals surface area (Å²) in [6.07, 6.45) is 2.44. The van der Waals surface area contributed by atoms with Crippen LogP contribution in [0, 0.1) is 12.8 Å². The number of hydrogen-bond acceptors (Lipinski definition) is 5. The fourth-order valence-electron chi connectivity index (χ4n) is 3.42. The molecule has 7 heteroatoms. The molecule has 2 atom stereocenters. The van der Waals surface area contributed by atoms with E-state index in [1.54, 1.807) is 11.8 Å². The average molecular weight is 343 g/mol. The van der Waals surface area contributed by atoms with Gasteiger partial charge in [0, 0.05) is 26.6 Å². The molecule has 0 N–H and O–H groups in total. The van der Waals surface area contributed by atoms with Crippen molar-refractivity contribution in [2.24, 2.45) is 5.92 Å². The van der Waals surface area contributed by atoms with Crippen LogP contribution in [0.1, 0.15) is 24.2 Å². The predicted octanol–water partition coefficient (Wildman–Crippen LogP) is 1.48. The van der Waals surface area contributed by atoms with Gasteiger partial charge in [0.15, 0.2) is 0 Å². The first kappa shape index (κ1) is 17.5. The van der Waals surface area contributed by atoms with Gasteiger partial charge in [0.05, 0.1) is 12.6 Å². The minimum Gasteiger partial charge on any atom is -0.379 e. The molecule has 1 aliphatic heterocycles. The van der Waals surface area contributed by atoms with Crippen molar-refractivity contribution in [2.75, 3.05) is 20.2 Å². The van der Waals surface area contributed by atoms with E-state index in [1.807, 2.05) is 17.9 Å². The van der Waals surface area contributed by atoms with E-state index in [9.17, 15) is 4.79 Å². The molecule has 1 aliphatic rings. The number of carbonyl (C=O) groups excluding carboxylic acids is 1. The smallest absolute Gasteiger partial charge is 0.224 e. The molecule has 0 spiro atoms. The van der Waals surface area contributed by atoms with E-state index in [1.165, 1.54) is 5.56 Å². The van der Waals surface area contributed by atoms with Crippen molar-refractivity contribution in [3.05, 3.63) is 41.7 Å². The monoisotopic (exact) mass is 343 g/mol. The highest BCUT2D eigenvalue weighted by atomic mass is 16.5. The largest absolute Gasteiger partial charge is 0.379 e. The summed E-state index contributed by atoms with van der Waals surface area (Å²) in [4.78, 5) is 14.4. The number of aryl methyl sites for hydroxylation is 2. The summed E-state index contributed by atoms with van der Waals surface area (Å²) in [5, 5.41) is 11.3. The number of likely N-dealkylation sites (tertiary alicyclic amines) is 1. The summed E-state index contributed by atoms with van der Waals surface area (Å²) in [6, 6.07) is 10.5. The molecular formula is C18H25N5O2. The number of carbonyl (C=O) groups is 1. The van der Waals surface area contributed by atoms with E-state index in [0.29, 0.717) is 25.4 Å². The van der Waals surface area contributed by atoms with Gasteiger partial charge >= 0.3 is 0 Å². The molecule has 2 heterocycles. The second kappa shape index (κ2) is 8.20. The molecule has 1 saturated heterocycles. The molecule has 134 valence electrons. The van der Waals surface area contributed by atoms with Gasteiger partial charge in [0.25, 0.3) is 0 Å². The van der Waals surface area contributed by atoms with Gasteiger partial charge in [-0.2, -0.15) is 0 Å². The Morgan fingerprint density at radius 2 is 2.12 bits per heavy atom. The minimum atomic E-state index is 0.0766. The Morgan fingerprint density at radius 1 is 1.32 bits per heavy atom. The molecule has 0 radical (unpaired) electrons. The number of piperidine rings is 1. The summed E-state index contributed by atoms with van der Waals surface area (Å²) in [5.41, 5.74) is 1.32. The summed E-state index contributed by atoms with van der Waals surface area (Å²) in [6.45, 7) is 3.78. The number of benzene rings is 1. The van der Waals surface area contributed by atoms with Gasteiger partial charge in [-0.15, -0.1) is 5.10 Å². The standard InChI is InChI=1S/C18H25N5O2/c1-14-19-20-21-23(14)11-9-18(24)22-10-8-16(17(13-22)25-2)12-15-6-4-3-5-7-15/h3-7,16-17H,8-13H2,1-2H3/t16-,17-/m1/s1. The van der Waals surface area contributed by atoms with Crippen LogP contribution in [-0.4, -0.2) is 57.3 Å². The summed E-state index contributed by atoms with van der Waals surface area (Å²) >= 11 is 0. The lowest BCUT2D eigenvalue weighted by Gasteiger charge is -2.38. The van der Waals surface area contributed by atoms with E-state index in [2.05, 4.69) is 39.8 Å². The maximum Gasteiger partial charge on any atom is 0.224 e. The second-order valence-corrected chi connectivity index (χ2v) is 6.55. The van der Waals surface area contributed by atoms with Crippen molar-refractivity contribution in [2.45, 2.75) is 38.8 Å². The Morgan fingerprint density at radius 3 is 2.80 bits per heavy atom. The third kappa shape index (κ3) is 4.42. The van der Waals surface area contributed by atoms with Crippen molar-refractivity contribution >= 4 is 5.91 Å². The molecule has 0 bridgehead atoms. The van der Waals surface area contributed by atoms with E-state index in [4.69, 9.17) is 4.74 Å². The number of ether oxygens (including phenoxy) is 1. The van der Waals surface area contributed by atoms with E-state index in [0.717, 1.165) is 25.2 Å². The first-order valence-electron chi connectivity index (χ1n) is 8.74. The SMILES string of the molecule is CO[C@@H]1CN(C(=O)CCn2nnnc2C)CC[C@@H]1Cc1ccccc1. The summed E-state index contributed by atoms with van der Waals surface area (Å²) in [7, 11) is 1.74. The van der Waals surface area contributed by atoms with Gasteiger partial charge in [0.2, 0.25) is 5.91 Å². The fraction of sp³-hybridized carbons (Fsp3) is 0.556. The van der Waals surface area contributed by atoms with Crippen LogP contribution in [0.3, 0.4) is 0 Å². The van der Waals surface area contributed by atoms with Crippen LogP contribution in [0.25, 0.3) is 0 Å². The highest BCUT2D eigenvalue weighted by molar-refractivity contribution is 5.76. The zero-order valence-electron chi connectivity index (χ0n) is 14.8. The Bertz CT molecular complexity index is 688. The molecule has 1 fully saturated rings. The maximum absolute atomic E-state index is 12.5. The number of nitrogens with zero attached hydrogens (tertiary/aromatic N) is 5. The fourth-order valence-corrected chi connectivity index (χ4v) is 3.42. The lowest BCUT2D eigenvalue weighted by Crippen LogP contribution is -2.48. The maximum atomic E-state index is 12.5. The number of methoxy groups -OCH3 is 1.